The molecule has 1 aromatic heterocycles. The molecule has 4 heteroatoms. The number of hydrogen-bond acceptors (Lipinski definition) is 2. The fourth-order valence-electron chi connectivity index (χ4n) is 2.27. The van der Waals surface area contributed by atoms with Gasteiger partial charge >= 0.3 is 0 Å². The molecule has 0 radical (unpaired) electrons. The molecule has 0 amide bonds. The van der Waals surface area contributed by atoms with E-state index in [0.29, 0.717) is 5.92 Å². The Morgan fingerprint density at radius 2 is 2.19 bits per heavy atom. The molecule has 3 nitrogen and oxygen atoms in total. The quantitative estimate of drug-likeness (QED) is 0.835. The summed E-state index contributed by atoms with van der Waals surface area (Å²) in [5.41, 5.74) is 1.27. The van der Waals surface area contributed by atoms with Gasteiger partial charge in [0, 0.05) is 6.54 Å². The van der Waals surface area contributed by atoms with Crippen LogP contribution in [0.3, 0.4) is 0 Å². The third-order valence-corrected chi connectivity index (χ3v) is 3.82. The van der Waals surface area contributed by atoms with E-state index < -0.39 is 0 Å². The molecular weight excluding hydrogens is 266 g/mol. The van der Waals surface area contributed by atoms with E-state index >= 15 is 0 Å². The van der Waals surface area contributed by atoms with Gasteiger partial charge in [0.2, 0.25) is 0 Å². The van der Waals surface area contributed by atoms with E-state index in [9.17, 15) is 5.26 Å². The second-order valence-electron chi connectivity index (χ2n) is 4.67. The van der Waals surface area contributed by atoms with Gasteiger partial charge in [0.1, 0.15) is 16.3 Å². The zero-order chi connectivity index (χ0) is 11.7. The van der Waals surface area contributed by atoms with Crippen molar-refractivity contribution in [3.63, 3.8) is 0 Å². The van der Waals surface area contributed by atoms with E-state index in [-0.39, 0.29) is 5.92 Å². The summed E-state index contributed by atoms with van der Waals surface area (Å²) in [5.74, 6) is 1.16. The van der Waals surface area contributed by atoms with Crippen molar-refractivity contribution in [2.75, 3.05) is 0 Å². The van der Waals surface area contributed by atoms with Crippen molar-refractivity contribution in [1.29, 1.82) is 5.26 Å². The predicted molar refractivity (Wildman–Crippen MR) is 66.1 cm³/mol. The lowest BCUT2D eigenvalue weighted by atomic mass is 9.96. The molecule has 0 saturated carbocycles. The molecule has 16 heavy (non-hydrogen) atoms. The van der Waals surface area contributed by atoms with Crippen molar-refractivity contribution in [3.05, 3.63) is 16.1 Å². The number of hydrogen-bond donors (Lipinski definition) is 0. The van der Waals surface area contributed by atoms with Crippen LogP contribution in [0.15, 0.2) is 4.60 Å². The van der Waals surface area contributed by atoms with Crippen molar-refractivity contribution >= 4 is 15.9 Å². The number of nitriles is 1. The highest BCUT2D eigenvalue weighted by atomic mass is 79.9. The number of fused-ring (bicyclic) bond motifs is 1. The molecule has 2 rings (SSSR count). The minimum absolute atomic E-state index is 0.0943. The summed E-state index contributed by atoms with van der Waals surface area (Å²) in [6.07, 6.45) is 3.49. The van der Waals surface area contributed by atoms with Crippen LogP contribution in [0.25, 0.3) is 0 Å². The van der Waals surface area contributed by atoms with Crippen molar-refractivity contribution in [3.8, 4) is 6.07 Å². The summed E-state index contributed by atoms with van der Waals surface area (Å²) < 4.78 is 3.17. The monoisotopic (exact) mass is 281 g/mol. The first-order valence-corrected chi connectivity index (χ1v) is 6.59. The van der Waals surface area contributed by atoms with Gasteiger partial charge in [0.25, 0.3) is 0 Å². The van der Waals surface area contributed by atoms with Crippen molar-refractivity contribution in [2.45, 2.75) is 45.6 Å². The van der Waals surface area contributed by atoms with Gasteiger partial charge in [-0.05, 0) is 41.1 Å². The van der Waals surface area contributed by atoms with Gasteiger partial charge < -0.3 is 4.57 Å². The van der Waals surface area contributed by atoms with Gasteiger partial charge in [-0.1, -0.05) is 13.8 Å². The molecule has 0 bridgehead atoms. The van der Waals surface area contributed by atoms with E-state index in [2.05, 4.69) is 45.4 Å². The highest BCUT2D eigenvalue weighted by Gasteiger charge is 2.26. The predicted octanol–water partition coefficient (Wildman–Crippen LogP) is 3.25. The maximum absolute atomic E-state index is 9.24. The highest BCUT2D eigenvalue weighted by molar-refractivity contribution is 9.10. The van der Waals surface area contributed by atoms with Gasteiger partial charge in [-0.2, -0.15) is 5.26 Å². The minimum Gasteiger partial charge on any atom is -0.330 e. The zero-order valence-corrected chi connectivity index (χ0v) is 11.3. The van der Waals surface area contributed by atoms with Crippen LogP contribution >= 0.6 is 15.9 Å². The molecular formula is C12H16BrN3. The van der Waals surface area contributed by atoms with Crippen LogP contribution in [0.2, 0.25) is 0 Å². The summed E-state index contributed by atoms with van der Waals surface area (Å²) in [7, 11) is 0. The second-order valence-corrected chi connectivity index (χ2v) is 5.42. The molecule has 1 atom stereocenters. The molecule has 0 fully saturated rings. The maximum atomic E-state index is 9.24. The average molecular weight is 282 g/mol. The van der Waals surface area contributed by atoms with Crippen LogP contribution in [0.1, 0.15) is 44.1 Å². The van der Waals surface area contributed by atoms with E-state index in [0.717, 1.165) is 23.4 Å². The van der Waals surface area contributed by atoms with Crippen LogP contribution in [0.4, 0.5) is 0 Å². The van der Waals surface area contributed by atoms with Crippen LogP contribution in [0.5, 0.6) is 0 Å². The summed E-state index contributed by atoms with van der Waals surface area (Å²) in [6, 6.07) is 2.38. The first-order chi connectivity index (χ1) is 7.65. The largest absolute Gasteiger partial charge is 0.330 e. The number of rotatable bonds is 2. The lowest BCUT2D eigenvalue weighted by Crippen LogP contribution is -2.17. The van der Waals surface area contributed by atoms with Crippen LogP contribution in [0, 0.1) is 17.2 Å². The Morgan fingerprint density at radius 3 is 2.81 bits per heavy atom. The van der Waals surface area contributed by atoms with Gasteiger partial charge in [-0.15, -0.1) is 0 Å². The molecule has 1 aromatic rings. The third-order valence-electron chi connectivity index (χ3n) is 3.18. The van der Waals surface area contributed by atoms with Crippen molar-refractivity contribution in [2.24, 2.45) is 5.92 Å². The van der Waals surface area contributed by atoms with E-state index in [1.807, 2.05) is 0 Å². The SMILES string of the molecule is CC(C)C(C#N)c1nc(Br)c2n1CCCC2. The first kappa shape index (κ1) is 11.7. The Labute approximate surface area is 105 Å². The molecule has 0 spiro atoms. The van der Waals surface area contributed by atoms with Crippen molar-refractivity contribution in [1.82, 2.24) is 9.55 Å². The molecule has 1 aliphatic heterocycles. The fraction of sp³-hybridized carbons (Fsp3) is 0.667. The highest BCUT2D eigenvalue weighted by Crippen LogP contribution is 2.31. The van der Waals surface area contributed by atoms with Crippen LogP contribution in [-0.4, -0.2) is 9.55 Å². The molecule has 0 saturated heterocycles. The smallest absolute Gasteiger partial charge is 0.127 e. The fourth-order valence-corrected chi connectivity index (χ4v) is 2.86. The van der Waals surface area contributed by atoms with E-state index in [1.165, 1.54) is 18.5 Å². The maximum Gasteiger partial charge on any atom is 0.127 e. The van der Waals surface area contributed by atoms with Crippen molar-refractivity contribution < 1.29 is 0 Å². The summed E-state index contributed by atoms with van der Waals surface area (Å²) >= 11 is 3.51. The lowest BCUT2D eigenvalue weighted by molar-refractivity contribution is 0.476. The second kappa shape index (κ2) is 4.58. The number of halogens is 1. The Balaban J connectivity index is 2.45. The number of nitrogens with zero attached hydrogens (tertiary/aromatic N) is 3. The first-order valence-electron chi connectivity index (χ1n) is 5.79. The van der Waals surface area contributed by atoms with Crippen LogP contribution in [-0.2, 0) is 13.0 Å². The third kappa shape index (κ3) is 1.89. The Morgan fingerprint density at radius 1 is 1.44 bits per heavy atom. The molecule has 1 aliphatic rings. The topological polar surface area (TPSA) is 41.6 Å². The molecule has 86 valence electrons. The van der Waals surface area contributed by atoms with Crippen LogP contribution < -0.4 is 0 Å². The Bertz CT molecular complexity index is 428. The molecule has 1 unspecified atom stereocenters. The van der Waals surface area contributed by atoms with Gasteiger partial charge in [0.05, 0.1) is 11.8 Å². The Hall–Kier alpha value is -0.820. The minimum atomic E-state index is -0.0943. The lowest BCUT2D eigenvalue weighted by Gasteiger charge is -2.20. The van der Waals surface area contributed by atoms with E-state index in [4.69, 9.17) is 0 Å². The number of aromatic nitrogens is 2. The summed E-state index contributed by atoms with van der Waals surface area (Å²) in [6.45, 7) is 5.16. The van der Waals surface area contributed by atoms with Gasteiger partial charge in [0.15, 0.2) is 0 Å². The summed E-state index contributed by atoms with van der Waals surface area (Å²) in [5, 5.41) is 9.24. The summed E-state index contributed by atoms with van der Waals surface area (Å²) in [4.78, 5) is 4.54. The molecule has 0 N–H and O–H groups in total. The normalized spacial score (nSPS) is 16.9. The van der Waals surface area contributed by atoms with E-state index in [1.54, 1.807) is 0 Å². The number of imidazole rings is 1. The molecule has 0 aromatic carbocycles. The molecule has 0 aliphatic carbocycles. The van der Waals surface area contributed by atoms with Gasteiger partial charge in [-0.25, -0.2) is 4.98 Å². The Kier molecular flexibility index (Phi) is 3.34. The standard InChI is InChI=1S/C12H16BrN3/c1-8(2)9(7-14)12-15-11(13)10-5-3-4-6-16(10)12/h8-9H,3-6H2,1-2H3. The molecule has 2 heterocycles. The zero-order valence-electron chi connectivity index (χ0n) is 9.70. The van der Waals surface area contributed by atoms with Gasteiger partial charge in [-0.3, -0.25) is 0 Å². The average Bonchev–Trinajstić information content (AvgIpc) is 2.58.